The van der Waals surface area contributed by atoms with Crippen LogP contribution in [0.4, 0.5) is 8.78 Å². The quantitative estimate of drug-likeness (QED) is 0.843. The predicted molar refractivity (Wildman–Crippen MR) is 70.4 cm³/mol. The van der Waals surface area contributed by atoms with Crippen molar-refractivity contribution in [3.05, 3.63) is 42.4 Å². The molecule has 114 valence electrons. The first-order chi connectivity index (χ1) is 10.1. The van der Waals surface area contributed by atoms with Crippen molar-refractivity contribution in [2.75, 3.05) is 13.6 Å². The van der Waals surface area contributed by atoms with E-state index < -0.39 is 6.55 Å². The molecule has 2 aromatic heterocycles. The smallest absolute Gasteiger partial charge is 0.319 e. The van der Waals surface area contributed by atoms with E-state index in [0.717, 1.165) is 4.57 Å². The van der Waals surface area contributed by atoms with Crippen LogP contribution < -0.4 is 5.32 Å². The maximum Gasteiger partial charge on any atom is 0.319 e. The van der Waals surface area contributed by atoms with E-state index in [0.29, 0.717) is 12.3 Å². The van der Waals surface area contributed by atoms with Gasteiger partial charge in [0, 0.05) is 12.4 Å². The zero-order valence-corrected chi connectivity index (χ0v) is 11.5. The van der Waals surface area contributed by atoms with Crippen LogP contribution in [0.5, 0.6) is 0 Å². The highest BCUT2D eigenvalue weighted by Crippen LogP contribution is 2.13. The highest BCUT2D eigenvalue weighted by Gasteiger charge is 2.14. The van der Waals surface area contributed by atoms with Gasteiger partial charge in [-0.25, -0.2) is 4.98 Å². The van der Waals surface area contributed by atoms with E-state index in [2.05, 4.69) is 10.3 Å². The monoisotopic (exact) mass is 298 g/mol. The van der Waals surface area contributed by atoms with Crippen molar-refractivity contribution in [1.29, 1.82) is 0 Å². The van der Waals surface area contributed by atoms with E-state index in [1.807, 2.05) is 0 Å². The number of likely N-dealkylation sites (N-methyl/N-ethyl adjacent to an activating group) is 1. The Labute approximate surface area is 120 Å². The Morgan fingerprint density at radius 2 is 2.38 bits per heavy atom. The van der Waals surface area contributed by atoms with Crippen molar-refractivity contribution in [3.63, 3.8) is 0 Å². The second-order valence-electron chi connectivity index (χ2n) is 4.56. The van der Waals surface area contributed by atoms with Gasteiger partial charge >= 0.3 is 6.55 Å². The second-order valence-corrected chi connectivity index (χ2v) is 4.56. The highest BCUT2D eigenvalue weighted by atomic mass is 19.3. The molecule has 1 amide bonds. The molecule has 0 aliphatic rings. The minimum atomic E-state index is -2.64. The van der Waals surface area contributed by atoms with Gasteiger partial charge in [-0.1, -0.05) is 0 Å². The second kappa shape index (κ2) is 6.98. The first-order valence-corrected chi connectivity index (χ1v) is 6.33. The van der Waals surface area contributed by atoms with Gasteiger partial charge in [-0.15, -0.1) is 0 Å². The lowest BCUT2D eigenvalue weighted by Gasteiger charge is -2.16. The molecule has 0 saturated heterocycles. The van der Waals surface area contributed by atoms with Gasteiger partial charge in [-0.3, -0.25) is 14.3 Å². The highest BCUT2D eigenvalue weighted by molar-refractivity contribution is 5.77. The Morgan fingerprint density at radius 3 is 3.05 bits per heavy atom. The van der Waals surface area contributed by atoms with E-state index in [1.165, 1.54) is 18.7 Å². The number of carbonyl (C=O) groups excluding carboxylic acids is 1. The number of amides is 1. The fourth-order valence-electron chi connectivity index (χ4n) is 1.84. The summed E-state index contributed by atoms with van der Waals surface area (Å²) in [7, 11) is 1.66. The third-order valence-corrected chi connectivity index (χ3v) is 2.82. The van der Waals surface area contributed by atoms with Crippen molar-refractivity contribution in [2.24, 2.45) is 0 Å². The van der Waals surface area contributed by atoms with Crippen molar-refractivity contribution in [2.45, 2.75) is 19.6 Å². The van der Waals surface area contributed by atoms with E-state index in [1.54, 1.807) is 24.1 Å². The van der Waals surface area contributed by atoms with Gasteiger partial charge in [0.25, 0.3) is 0 Å². The van der Waals surface area contributed by atoms with Crippen LogP contribution in [-0.2, 0) is 17.9 Å². The summed E-state index contributed by atoms with van der Waals surface area (Å²) in [4.78, 5) is 17.2. The van der Waals surface area contributed by atoms with E-state index >= 15 is 0 Å². The lowest BCUT2D eigenvalue weighted by atomic mass is 10.4. The third kappa shape index (κ3) is 4.38. The molecule has 1 N–H and O–H groups in total. The molecule has 0 fully saturated rings. The van der Waals surface area contributed by atoms with E-state index in [9.17, 15) is 13.6 Å². The molecule has 0 atom stereocenters. The van der Waals surface area contributed by atoms with Crippen LogP contribution in [-0.4, -0.2) is 34.0 Å². The Bertz CT molecular complexity index is 568. The number of aromatic nitrogens is 2. The van der Waals surface area contributed by atoms with E-state index in [4.69, 9.17) is 4.42 Å². The molecular weight excluding hydrogens is 282 g/mol. The van der Waals surface area contributed by atoms with Crippen molar-refractivity contribution in [3.8, 4) is 0 Å². The number of carbonyl (C=O) groups is 1. The fourth-order valence-corrected chi connectivity index (χ4v) is 1.84. The Morgan fingerprint density at radius 1 is 1.57 bits per heavy atom. The number of nitrogens with one attached hydrogen (secondary N) is 1. The third-order valence-electron chi connectivity index (χ3n) is 2.82. The number of nitrogens with zero attached hydrogens (tertiary/aromatic N) is 3. The summed E-state index contributed by atoms with van der Waals surface area (Å²) in [5.41, 5.74) is 0. The Kier molecular flexibility index (Phi) is 5.04. The standard InChI is InChI=1S/C13H16F2N4O2/c1-18(8-11-16-4-5-19(11)13(14)15)9-12(20)17-7-10-3-2-6-21-10/h2-6,13H,7-9H2,1H3,(H,17,20). The lowest BCUT2D eigenvalue weighted by molar-refractivity contribution is -0.122. The number of furan rings is 1. The first kappa shape index (κ1) is 15.2. The summed E-state index contributed by atoms with van der Waals surface area (Å²) in [6.45, 7) is -2.10. The number of hydrogen-bond acceptors (Lipinski definition) is 4. The average Bonchev–Trinajstić information content (AvgIpc) is 3.06. The maximum atomic E-state index is 12.7. The lowest BCUT2D eigenvalue weighted by Crippen LogP contribution is -2.35. The molecule has 0 aliphatic carbocycles. The predicted octanol–water partition coefficient (Wildman–Crippen LogP) is 1.62. The van der Waals surface area contributed by atoms with Crippen LogP contribution >= 0.6 is 0 Å². The van der Waals surface area contributed by atoms with Crippen molar-refractivity contribution >= 4 is 5.91 Å². The summed E-state index contributed by atoms with van der Waals surface area (Å²) < 4.78 is 31.2. The molecule has 0 bridgehead atoms. The van der Waals surface area contributed by atoms with Gasteiger partial charge in [0.05, 0.1) is 25.9 Å². The summed E-state index contributed by atoms with van der Waals surface area (Å²) in [5.74, 6) is 0.648. The molecule has 8 heteroatoms. The molecule has 2 rings (SSSR count). The van der Waals surface area contributed by atoms with Crippen LogP contribution in [0, 0.1) is 0 Å². The van der Waals surface area contributed by atoms with Gasteiger partial charge in [0.2, 0.25) is 5.91 Å². The van der Waals surface area contributed by atoms with E-state index in [-0.39, 0.29) is 24.8 Å². The number of rotatable bonds is 7. The summed E-state index contributed by atoms with van der Waals surface area (Å²) in [6.07, 6.45) is 4.05. The molecule has 0 aromatic carbocycles. The molecule has 21 heavy (non-hydrogen) atoms. The first-order valence-electron chi connectivity index (χ1n) is 6.33. The van der Waals surface area contributed by atoms with Gasteiger partial charge in [-0.05, 0) is 19.2 Å². The van der Waals surface area contributed by atoms with Gasteiger partial charge in [0.1, 0.15) is 11.6 Å². The Balaban J connectivity index is 1.79. The fraction of sp³-hybridized carbons (Fsp3) is 0.385. The maximum absolute atomic E-state index is 12.7. The zero-order valence-electron chi connectivity index (χ0n) is 11.5. The molecule has 0 aliphatic heterocycles. The topological polar surface area (TPSA) is 63.3 Å². The summed E-state index contributed by atoms with van der Waals surface area (Å²) in [5, 5.41) is 2.68. The van der Waals surface area contributed by atoms with Crippen LogP contribution in [0.15, 0.2) is 35.2 Å². The normalized spacial score (nSPS) is 11.3. The molecule has 0 radical (unpaired) electrons. The average molecular weight is 298 g/mol. The molecule has 0 spiro atoms. The minimum Gasteiger partial charge on any atom is -0.467 e. The molecule has 2 aromatic rings. The number of halogens is 2. The zero-order chi connectivity index (χ0) is 15.2. The molecule has 0 unspecified atom stereocenters. The minimum absolute atomic E-state index is 0.0802. The number of imidazole rings is 1. The summed E-state index contributed by atoms with van der Waals surface area (Å²) >= 11 is 0. The summed E-state index contributed by atoms with van der Waals surface area (Å²) in [6, 6.07) is 3.49. The molecule has 0 saturated carbocycles. The molecule has 2 heterocycles. The van der Waals surface area contributed by atoms with Gasteiger partial charge in [-0.2, -0.15) is 8.78 Å². The van der Waals surface area contributed by atoms with Crippen LogP contribution in [0.25, 0.3) is 0 Å². The number of alkyl halides is 2. The number of hydrogen-bond donors (Lipinski definition) is 1. The van der Waals surface area contributed by atoms with Crippen molar-refractivity contribution < 1.29 is 18.0 Å². The Hall–Kier alpha value is -2.22. The van der Waals surface area contributed by atoms with Gasteiger partial charge < -0.3 is 9.73 Å². The van der Waals surface area contributed by atoms with Crippen LogP contribution in [0.3, 0.4) is 0 Å². The SMILES string of the molecule is CN(CC(=O)NCc1ccco1)Cc1nccn1C(F)F. The van der Waals surface area contributed by atoms with Crippen LogP contribution in [0.1, 0.15) is 18.1 Å². The van der Waals surface area contributed by atoms with Crippen LogP contribution in [0.2, 0.25) is 0 Å². The largest absolute Gasteiger partial charge is 0.467 e. The molecule has 6 nitrogen and oxygen atoms in total. The molecular formula is C13H16F2N4O2. The van der Waals surface area contributed by atoms with Crippen molar-refractivity contribution in [1.82, 2.24) is 19.8 Å². The van der Waals surface area contributed by atoms with Gasteiger partial charge in [0.15, 0.2) is 0 Å².